The number of benzene rings is 3. The molecule has 0 spiro atoms. The van der Waals surface area contributed by atoms with Crippen molar-refractivity contribution >= 4 is 55.6 Å². The number of aromatic nitrogens is 1. The highest BCUT2D eigenvalue weighted by molar-refractivity contribution is 7.90. The van der Waals surface area contributed by atoms with Crippen LogP contribution in [-0.2, 0) is 34.8 Å². The van der Waals surface area contributed by atoms with Crippen LogP contribution in [0.2, 0.25) is 0 Å². The van der Waals surface area contributed by atoms with Crippen molar-refractivity contribution in [1.29, 1.82) is 0 Å². The highest BCUT2D eigenvalue weighted by Gasteiger charge is 2.33. The number of carbonyl (C=O) groups excluding carboxylic acids is 1. The number of carbonyl (C=O) groups is 1. The van der Waals surface area contributed by atoms with Gasteiger partial charge in [-0.15, -0.1) is 11.6 Å². The van der Waals surface area contributed by atoms with Gasteiger partial charge in [0, 0.05) is 59.9 Å². The van der Waals surface area contributed by atoms with E-state index in [2.05, 4.69) is 26.2 Å². The second kappa shape index (κ2) is 11.0. The van der Waals surface area contributed by atoms with Gasteiger partial charge < -0.3 is 19.7 Å². The van der Waals surface area contributed by atoms with E-state index in [9.17, 15) is 13.2 Å². The molecule has 9 heteroatoms. The Morgan fingerprint density at radius 1 is 1.05 bits per heavy atom. The Balaban J connectivity index is 1.46. The predicted octanol–water partition coefficient (Wildman–Crippen LogP) is 5.32. The molecule has 0 fully saturated rings. The fourth-order valence-corrected chi connectivity index (χ4v) is 7.45. The summed E-state index contributed by atoms with van der Waals surface area (Å²) < 4.78 is 28.1. The molecule has 1 atom stereocenters. The number of halogens is 1. The highest BCUT2D eigenvalue weighted by atomic mass is 35.5. The molecule has 0 aliphatic carbocycles. The second-order valence-electron chi connectivity index (χ2n) is 11.5. The van der Waals surface area contributed by atoms with Gasteiger partial charge in [-0.1, -0.05) is 54.6 Å². The van der Waals surface area contributed by atoms with Gasteiger partial charge in [0.15, 0.2) is 9.84 Å². The number of amides is 1. The summed E-state index contributed by atoms with van der Waals surface area (Å²) in [4.78, 5) is 15.3. The largest absolute Gasteiger partial charge is 0.398 e. The van der Waals surface area contributed by atoms with Crippen molar-refractivity contribution in [1.82, 2.24) is 4.57 Å². The van der Waals surface area contributed by atoms with Crippen molar-refractivity contribution in [3.8, 4) is 0 Å². The van der Waals surface area contributed by atoms with Gasteiger partial charge in [0.1, 0.15) is 18.1 Å². The lowest BCUT2D eigenvalue weighted by Gasteiger charge is -2.30. The Morgan fingerprint density at radius 2 is 1.71 bits per heavy atom. The van der Waals surface area contributed by atoms with Crippen molar-refractivity contribution in [2.45, 2.75) is 24.0 Å². The van der Waals surface area contributed by atoms with E-state index in [0.29, 0.717) is 34.7 Å². The minimum atomic E-state index is -3.57. The summed E-state index contributed by atoms with van der Waals surface area (Å²) in [6.45, 7) is 1.83. The number of rotatable bonds is 8. The van der Waals surface area contributed by atoms with Gasteiger partial charge in [-0.3, -0.25) is 4.79 Å². The number of nitrogens with zero attached hydrogens (tertiary/aromatic N) is 3. The minimum Gasteiger partial charge on any atom is -0.398 e. The van der Waals surface area contributed by atoms with Crippen LogP contribution < -0.4 is 10.6 Å². The maximum atomic E-state index is 13.6. The minimum absolute atomic E-state index is 0.0333. The van der Waals surface area contributed by atoms with Crippen molar-refractivity contribution < 1.29 is 17.7 Å². The fourth-order valence-electron chi connectivity index (χ4n) is 6.03. The van der Waals surface area contributed by atoms with Crippen molar-refractivity contribution in [2.75, 3.05) is 43.4 Å². The molecule has 2 N–H and O–H groups in total. The lowest BCUT2D eigenvalue weighted by molar-refractivity contribution is -0.917. The number of anilines is 2. The summed E-state index contributed by atoms with van der Waals surface area (Å²) in [5.74, 6) is 0.0822. The van der Waals surface area contributed by atoms with E-state index < -0.39 is 9.84 Å². The molecule has 1 aliphatic heterocycles. The number of hydrogen-bond donors (Lipinski definition) is 1. The summed E-state index contributed by atoms with van der Waals surface area (Å²) >= 11 is 6.36. The Hall–Kier alpha value is -3.59. The summed E-state index contributed by atoms with van der Waals surface area (Å²) in [6.07, 6.45) is 4.26. The molecule has 1 aromatic heterocycles. The number of hydrogen-bond acceptors (Lipinski definition) is 4. The maximum absolute atomic E-state index is 13.6. The molecule has 1 unspecified atom stereocenters. The van der Waals surface area contributed by atoms with Crippen LogP contribution in [0.1, 0.15) is 28.3 Å². The average Bonchev–Trinajstić information content (AvgIpc) is 3.44. The SMILES string of the molecule is Cn1c(C[N+](C)(C)Cc2ccccc2)cc(/C=C/C(=O)N2CC(CCl)c3c2cc(N)c2ccccc32)c1S(C)(=O)=O. The zero-order valence-electron chi connectivity index (χ0n) is 23.8. The molecule has 1 amide bonds. The van der Waals surface area contributed by atoms with Crippen LogP contribution >= 0.6 is 11.6 Å². The highest BCUT2D eigenvalue weighted by Crippen LogP contribution is 2.44. The molecule has 214 valence electrons. The van der Waals surface area contributed by atoms with Gasteiger partial charge in [-0.05, 0) is 29.2 Å². The summed E-state index contributed by atoms with van der Waals surface area (Å²) in [5, 5.41) is 2.12. The van der Waals surface area contributed by atoms with E-state index >= 15 is 0 Å². The first-order valence-electron chi connectivity index (χ1n) is 13.5. The predicted molar refractivity (Wildman–Crippen MR) is 168 cm³/mol. The van der Waals surface area contributed by atoms with Crippen LogP contribution in [0.3, 0.4) is 0 Å². The van der Waals surface area contributed by atoms with Crippen LogP contribution in [0.15, 0.2) is 77.8 Å². The van der Waals surface area contributed by atoms with Crippen LogP contribution in [-0.4, -0.2) is 56.2 Å². The Labute approximate surface area is 246 Å². The third-order valence-electron chi connectivity index (χ3n) is 7.76. The van der Waals surface area contributed by atoms with Gasteiger partial charge in [0.25, 0.3) is 5.91 Å². The summed E-state index contributed by atoms with van der Waals surface area (Å²) in [7, 11) is 2.43. The Morgan fingerprint density at radius 3 is 2.37 bits per heavy atom. The number of nitrogens with two attached hydrogens (primary N) is 1. The standard InChI is InChI=1S/C32H36ClN4O3S/c1-35-25(21-37(2,3)20-22-10-6-5-7-11-22)16-23(32(35)41(4,39)40)14-15-30(38)36-19-24(18-33)31-27-13-9-8-12-26(27)28(34)17-29(31)36/h5-17,24H,18-21,34H2,1-4H3/q+1/b15-14+. The molecule has 5 rings (SSSR count). The third kappa shape index (κ3) is 5.77. The molecule has 1 aliphatic rings. The van der Waals surface area contributed by atoms with E-state index in [1.807, 2.05) is 54.6 Å². The smallest absolute Gasteiger partial charge is 0.251 e. The molecular formula is C32H36ClN4O3S+. The third-order valence-corrected chi connectivity index (χ3v) is 9.34. The number of nitrogen functional groups attached to an aromatic ring is 1. The quantitative estimate of drug-likeness (QED) is 0.130. The molecule has 0 bridgehead atoms. The maximum Gasteiger partial charge on any atom is 0.251 e. The summed E-state index contributed by atoms with van der Waals surface area (Å²) in [5.41, 5.74) is 11.3. The van der Waals surface area contributed by atoms with E-state index in [-0.39, 0.29) is 16.9 Å². The summed E-state index contributed by atoms with van der Waals surface area (Å²) in [6, 6.07) is 21.8. The van der Waals surface area contributed by atoms with E-state index in [1.54, 1.807) is 22.6 Å². The second-order valence-corrected chi connectivity index (χ2v) is 13.8. The van der Waals surface area contributed by atoms with Gasteiger partial charge in [-0.25, -0.2) is 8.42 Å². The topological polar surface area (TPSA) is 85.4 Å². The molecule has 2 heterocycles. The molecule has 0 saturated heterocycles. The van der Waals surface area contributed by atoms with Gasteiger partial charge in [-0.2, -0.15) is 0 Å². The van der Waals surface area contributed by atoms with E-state index in [4.69, 9.17) is 17.3 Å². The first-order valence-corrected chi connectivity index (χ1v) is 15.9. The zero-order chi connectivity index (χ0) is 29.5. The number of sulfone groups is 1. The molecule has 0 radical (unpaired) electrons. The molecule has 0 saturated carbocycles. The fraction of sp³-hybridized carbons (Fsp3) is 0.281. The monoisotopic (exact) mass is 591 g/mol. The van der Waals surface area contributed by atoms with E-state index in [0.717, 1.165) is 34.3 Å². The number of fused-ring (bicyclic) bond motifs is 3. The molecule has 41 heavy (non-hydrogen) atoms. The van der Waals surface area contributed by atoms with Crippen LogP contribution in [0.5, 0.6) is 0 Å². The van der Waals surface area contributed by atoms with Gasteiger partial charge >= 0.3 is 0 Å². The van der Waals surface area contributed by atoms with Crippen molar-refractivity contribution in [3.63, 3.8) is 0 Å². The molecular weight excluding hydrogens is 556 g/mol. The lowest BCUT2D eigenvalue weighted by Crippen LogP contribution is -2.38. The first-order chi connectivity index (χ1) is 19.4. The van der Waals surface area contributed by atoms with Crippen molar-refractivity contribution in [2.24, 2.45) is 7.05 Å². The number of quaternary nitrogens is 1. The van der Waals surface area contributed by atoms with Gasteiger partial charge in [0.05, 0.1) is 25.5 Å². The van der Waals surface area contributed by atoms with Crippen molar-refractivity contribution in [3.05, 3.63) is 95.2 Å². The number of alkyl halides is 1. The molecule has 4 aromatic rings. The Bertz CT molecular complexity index is 1760. The molecule has 3 aromatic carbocycles. The van der Waals surface area contributed by atoms with Crippen LogP contribution in [0.25, 0.3) is 16.8 Å². The lowest BCUT2D eigenvalue weighted by atomic mass is 9.95. The first kappa shape index (κ1) is 28.9. The zero-order valence-corrected chi connectivity index (χ0v) is 25.4. The average molecular weight is 592 g/mol. The molecule has 7 nitrogen and oxygen atoms in total. The van der Waals surface area contributed by atoms with Crippen LogP contribution in [0.4, 0.5) is 11.4 Å². The normalized spacial score (nSPS) is 15.6. The van der Waals surface area contributed by atoms with Crippen LogP contribution in [0, 0.1) is 0 Å². The Kier molecular flexibility index (Phi) is 7.76. The van der Waals surface area contributed by atoms with Gasteiger partial charge in [0.2, 0.25) is 0 Å². The van der Waals surface area contributed by atoms with E-state index in [1.165, 1.54) is 17.9 Å².